The minimum absolute atomic E-state index is 0.829. The molecule has 0 fully saturated rings. The van der Waals surface area contributed by atoms with Crippen molar-refractivity contribution in [3.8, 4) is 11.5 Å². The molecule has 3 rings (SSSR count). The Labute approximate surface area is 155 Å². The van der Waals surface area contributed by atoms with Gasteiger partial charge in [-0.2, -0.15) is 0 Å². The Balaban J connectivity index is 2.07. The summed E-state index contributed by atoms with van der Waals surface area (Å²) in [7, 11) is 7.51. The van der Waals surface area contributed by atoms with Crippen LogP contribution in [0.1, 0.15) is 11.1 Å². The van der Waals surface area contributed by atoms with Crippen LogP contribution in [0.5, 0.6) is 11.5 Å². The summed E-state index contributed by atoms with van der Waals surface area (Å²) in [6, 6.07) is 20.8. The average molecular weight is 347 g/mol. The molecule has 0 amide bonds. The van der Waals surface area contributed by atoms with Crippen molar-refractivity contribution in [2.75, 3.05) is 28.3 Å². The molecule has 0 spiro atoms. The summed E-state index contributed by atoms with van der Waals surface area (Å²) in [6.07, 6.45) is 3.00. The summed E-state index contributed by atoms with van der Waals surface area (Å²) in [5.41, 5.74) is 3.68. The molecule has 3 aromatic rings. The van der Waals surface area contributed by atoms with Crippen LogP contribution < -0.4 is 9.47 Å². The number of hydrogen-bond donors (Lipinski definition) is 0. The van der Waals surface area contributed by atoms with Gasteiger partial charge in [0.1, 0.15) is 11.5 Å². The normalized spacial score (nSPS) is 11.5. The first-order valence-electron chi connectivity index (χ1n) is 8.68. The highest BCUT2D eigenvalue weighted by Gasteiger charge is 2.10. The van der Waals surface area contributed by atoms with Gasteiger partial charge in [-0.05, 0) is 40.3 Å². The van der Waals surface area contributed by atoms with E-state index in [-0.39, 0.29) is 0 Å². The first-order valence-corrected chi connectivity index (χ1v) is 8.68. The fourth-order valence-electron chi connectivity index (χ4n) is 3.23. The molecule has 0 saturated carbocycles. The molecule has 0 N–H and O–H groups in total. The van der Waals surface area contributed by atoms with Crippen molar-refractivity contribution in [2.24, 2.45) is 0 Å². The van der Waals surface area contributed by atoms with Crippen LogP contribution in [0.15, 0.2) is 66.9 Å². The number of rotatable bonds is 6. The van der Waals surface area contributed by atoms with Gasteiger partial charge in [0, 0.05) is 32.1 Å². The molecule has 0 bridgehead atoms. The number of ether oxygens (including phenoxy) is 2. The lowest BCUT2D eigenvalue weighted by atomic mass is 9.94. The Kier molecular flexibility index (Phi) is 5.47. The maximum atomic E-state index is 5.53. The molecule has 0 aliphatic heterocycles. The minimum Gasteiger partial charge on any atom is -0.497 e. The maximum absolute atomic E-state index is 5.53. The predicted molar refractivity (Wildman–Crippen MR) is 109 cm³/mol. The second-order valence-electron chi connectivity index (χ2n) is 6.50. The van der Waals surface area contributed by atoms with Crippen LogP contribution in [0.3, 0.4) is 0 Å². The van der Waals surface area contributed by atoms with Crippen molar-refractivity contribution in [1.29, 1.82) is 0 Å². The topological polar surface area (TPSA) is 21.7 Å². The van der Waals surface area contributed by atoms with Crippen LogP contribution in [-0.4, -0.2) is 33.2 Å². The van der Waals surface area contributed by atoms with Gasteiger partial charge in [0.25, 0.3) is 0 Å². The quantitative estimate of drug-likeness (QED) is 0.626. The molecule has 26 heavy (non-hydrogen) atoms. The fourth-order valence-corrected chi connectivity index (χ4v) is 3.23. The van der Waals surface area contributed by atoms with Gasteiger partial charge >= 0.3 is 0 Å². The third-order valence-corrected chi connectivity index (χ3v) is 4.43. The number of fused-ring (bicyclic) bond motifs is 1. The number of methoxy groups -OCH3 is 2. The van der Waals surface area contributed by atoms with E-state index < -0.39 is 0 Å². The van der Waals surface area contributed by atoms with E-state index in [1.54, 1.807) is 14.2 Å². The standard InChI is InChI=1S/C23H25NO2/c1-24(2)16-19(17-8-7-9-20(15-17)25-3)14-18-12-13-23(26-4)22-11-6-5-10-21(18)22/h5-13,15-16H,14H2,1-4H3/b19-16+. The molecule has 0 aliphatic rings. The number of nitrogens with zero attached hydrogens (tertiary/aromatic N) is 1. The molecule has 0 heterocycles. The van der Waals surface area contributed by atoms with Crippen LogP contribution in [0.4, 0.5) is 0 Å². The zero-order chi connectivity index (χ0) is 18.5. The lowest BCUT2D eigenvalue weighted by Gasteiger charge is -2.16. The molecule has 0 unspecified atom stereocenters. The molecular weight excluding hydrogens is 322 g/mol. The monoisotopic (exact) mass is 347 g/mol. The number of allylic oxidation sites excluding steroid dienone is 1. The second kappa shape index (κ2) is 7.96. The Morgan fingerprint density at radius 1 is 0.885 bits per heavy atom. The molecule has 134 valence electrons. The highest BCUT2D eigenvalue weighted by Crippen LogP contribution is 2.32. The highest BCUT2D eigenvalue weighted by atomic mass is 16.5. The van der Waals surface area contributed by atoms with Crippen molar-refractivity contribution in [3.63, 3.8) is 0 Å². The van der Waals surface area contributed by atoms with Gasteiger partial charge in [0.15, 0.2) is 0 Å². The summed E-state index contributed by atoms with van der Waals surface area (Å²) in [4.78, 5) is 2.08. The van der Waals surface area contributed by atoms with E-state index >= 15 is 0 Å². The van der Waals surface area contributed by atoms with E-state index in [2.05, 4.69) is 53.6 Å². The van der Waals surface area contributed by atoms with E-state index in [9.17, 15) is 0 Å². The Morgan fingerprint density at radius 3 is 2.35 bits per heavy atom. The van der Waals surface area contributed by atoms with Crippen molar-refractivity contribution in [1.82, 2.24) is 4.90 Å². The zero-order valence-electron chi connectivity index (χ0n) is 15.8. The zero-order valence-corrected chi connectivity index (χ0v) is 15.8. The molecule has 0 aliphatic carbocycles. The number of hydrogen-bond acceptors (Lipinski definition) is 3. The molecule has 0 aromatic heterocycles. The highest BCUT2D eigenvalue weighted by molar-refractivity contribution is 5.92. The number of benzene rings is 3. The van der Waals surface area contributed by atoms with Gasteiger partial charge in [0.05, 0.1) is 14.2 Å². The minimum atomic E-state index is 0.829. The molecule has 0 atom stereocenters. The van der Waals surface area contributed by atoms with Crippen LogP contribution in [0, 0.1) is 0 Å². The predicted octanol–water partition coefficient (Wildman–Crippen LogP) is 5.00. The van der Waals surface area contributed by atoms with Crippen LogP contribution in [-0.2, 0) is 6.42 Å². The van der Waals surface area contributed by atoms with Crippen LogP contribution in [0.2, 0.25) is 0 Å². The molecule has 3 aromatic carbocycles. The average Bonchev–Trinajstić information content (AvgIpc) is 2.67. The Hall–Kier alpha value is -2.94. The van der Waals surface area contributed by atoms with E-state index in [1.165, 1.54) is 16.5 Å². The van der Waals surface area contributed by atoms with Gasteiger partial charge in [-0.25, -0.2) is 0 Å². The summed E-state index contributed by atoms with van der Waals surface area (Å²) >= 11 is 0. The molecule has 0 radical (unpaired) electrons. The van der Waals surface area contributed by atoms with Gasteiger partial charge in [0.2, 0.25) is 0 Å². The van der Waals surface area contributed by atoms with Crippen molar-refractivity contribution < 1.29 is 9.47 Å². The molecule has 0 saturated heterocycles. The van der Waals surface area contributed by atoms with Crippen molar-refractivity contribution >= 4 is 16.3 Å². The van der Waals surface area contributed by atoms with Gasteiger partial charge in [-0.1, -0.05) is 42.5 Å². The van der Waals surface area contributed by atoms with E-state index in [0.717, 1.165) is 28.9 Å². The Morgan fingerprint density at radius 2 is 1.65 bits per heavy atom. The van der Waals surface area contributed by atoms with E-state index in [1.807, 2.05) is 32.3 Å². The van der Waals surface area contributed by atoms with E-state index in [0.29, 0.717) is 0 Å². The smallest absolute Gasteiger partial charge is 0.126 e. The van der Waals surface area contributed by atoms with Crippen LogP contribution in [0.25, 0.3) is 16.3 Å². The van der Waals surface area contributed by atoms with Crippen molar-refractivity contribution in [2.45, 2.75) is 6.42 Å². The first-order chi connectivity index (χ1) is 12.6. The van der Waals surface area contributed by atoms with Gasteiger partial charge < -0.3 is 14.4 Å². The molecular formula is C23H25NO2. The summed E-state index contributed by atoms with van der Waals surface area (Å²) in [6.45, 7) is 0. The summed E-state index contributed by atoms with van der Waals surface area (Å²) in [5.74, 6) is 1.77. The van der Waals surface area contributed by atoms with Gasteiger partial charge in [-0.15, -0.1) is 0 Å². The molecule has 3 heteroatoms. The SMILES string of the molecule is COc1cccc(/C(=C/N(C)C)Cc2ccc(OC)c3ccccc23)c1. The Bertz CT molecular complexity index is 928. The lowest BCUT2D eigenvalue weighted by Crippen LogP contribution is -2.04. The van der Waals surface area contributed by atoms with Gasteiger partial charge in [-0.3, -0.25) is 0 Å². The summed E-state index contributed by atoms with van der Waals surface area (Å²) in [5, 5.41) is 2.36. The lowest BCUT2D eigenvalue weighted by molar-refractivity contribution is 0.414. The second-order valence-corrected chi connectivity index (χ2v) is 6.50. The van der Waals surface area contributed by atoms with Crippen LogP contribution >= 0.6 is 0 Å². The third kappa shape index (κ3) is 3.83. The molecule has 3 nitrogen and oxygen atoms in total. The summed E-state index contributed by atoms with van der Waals surface area (Å²) < 4.78 is 10.9. The van der Waals surface area contributed by atoms with Crippen molar-refractivity contribution in [3.05, 3.63) is 78.0 Å². The first kappa shape index (κ1) is 17.9. The fraction of sp³-hybridized carbons (Fsp3) is 0.217. The third-order valence-electron chi connectivity index (χ3n) is 4.43. The maximum Gasteiger partial charge on any atom is 0.126 e. The van der Waals surface area contributed by atoms with E-state index in [4.69, 9.17) is 9.47 Å². The largest absolute Gasteiger partial charge is 0.497 e.